The molecule has 2 nitrogen and oxygen atoms in total. The van der Waals surface area contributed by atoms with Gasteiger partial charge in [0.2, 0.25) is 0 Å². The van der Waals surface area contributed by atoms with E-state index in [2.05, 4.69) is 32.0 Å². The van der Waals surface area contributed by atoms with Gasteiger partial charge in [-0.15, -0.1) is 0 Å². The summed E-state index contributed by atoms with van der Waals surface area (Å²) < 4.78 is 5.52. The van der Waals surface area contributed by atoms with E-state index < -0.39 is 0 Å². The average Bonchev–Trinajstić information content (AvgIpc) is 2.72. The number of hydrogen-bond acceptors (Lipinski definition) is 2. The summed E-state index contributed by atoms with van der Waals surface area (Å²) in [4.78, 5) is 0. The van der Waals surface area contributed by atoms with Crippen LogP contribution in [-0.4, -0.2) is 19.8 Å². The molecule has 0 bridgehead atoms. The van der Waals surface area contributed by atoms with E-state index in [4.69, 9.17) is 10.5 Å². The van der Waals surface area contributed by atoms with Crippen LogP contribution in [0.5, 0.6) is 0 Å². The van der Waals surface area contributed by atoms with Crippen LogP contribution in [0.1, 0.15) is 23.1 Å². The van der Waals surface area contributed by atoms with Crippen molar-refractivity contribution in [2.45, 2.75) is 25.7 Å². The smallest absolute Gasteiger partial charge is 0.0576 e. The van der Waals surface area contributed by atoms with Crippen LogP contribution in [0, 0.1) is 13.8 Å². The van der Waals surface area contributed by atoms with Crippen LogP contribution < -0.4 is 5.73 Å². The van der Waals surface area contributed by atoms with E-state index in [0.29, 0.717) is 6.54 Å². The van der Waals surface area contributed by atoms with Crippen molar-refractivity contribution in [3.05, 3.63) is 34.9 Å². The highest BCUT2D eigenvalue weighted by atomic mass is 16.5. The molecule has 0 saturated carbocycles. The fourth-order valence-electron chi connectivity index (χ4n) is 2.42. The molecule has 2 heteroatoms. The van der Waals surface area contributed by atoms with E-state index in [1.165, 1.54) is 16.7 Å². The predicted molar refractivity (Wildman–Crippen MR) is 62.1 cm³/mol. The number of nitrogens with two attached hydrogens (primary N) is 1. The minimum Gasteiger partial charge on any atom is -0.380 e. The fraction of sp³-hybridized carbons (Fsp3) is 0.538. The van der Waals surface area contributed by atoms with Gasteiger partial charge in [-0.2, -0.15) is 0 Å². The molecule has 1 unspecified atom stereocenters. The fourth-order valence-corrected chi connectivity index (χ4v) is 2.42. The number of hydrogen-bond donors (Lipinski definition) is 1. The maximum absolute atomic E-state index is 5.94. The summed E-state index contributed by atoms with van der Waals surface area (Å²) in [7, 11) is 0. The molecule has 15 heavy (non-hydrogen) atoms. The SMILES string of the molecule is Cc1cccc(C2(CN)CCOC2)c1C. The first-order chi connectivity index (χ1) is 7.19. The molecule has 0 amide bonds. The lowest BCUT2D eigenvalue weighted by Gasteiger charge is -2.28. The van der Waals surface area contributed by atoms with Crippen LogP contribution in [0.25, 0.3) is 0 Å². The Labute approximate surface area is 91.4 Å². The van der Waals surface area contributed by atoms with Crippen LogP contribution in [0.3, 0.4) is 0 Å². The van der Waals surface area contributed by atoms with E-state index in [0.717, 1.165) is 19.6 Å². The molecule has 1 aliphatic rings. The van der Waals surface area contributed by atoms with Crippen molar-refractivity contribution in [2.75, 3.05) is 19.8 Å². The van der Waals surface area contributed by atoms with Crippen LogP contribution in [-0.2, 0) is 10.2 Å². The second-order valence-electron chi connectivity index (χ2n) is 4.53. The maximum Gasteiger partial charge on any atom is 0.0576 e. The molecular formula is C13H19NO. The van der Waals surface area contributed by atoms with Crippen molar-refractivity contribution in [3.8, 4) is 0 Å². The zero-order valence-corrected chi connectivity index (χ0v) is 9.55. The van der Waals surface area contributed by atoms with Crippen molar-refractivity contribution >= 4 is 0 Å². The molecule has 1 fully saturated rings. The molecule has 1 atom stereocenters. The Kier molecular flexibility index (Phi) is 2.81. The molecule has 0 aliphatic carbocycles. The highest BCUT2D eigenvalue weighted by molar-refractivity contribution is 5.39. The molecule has 1 aromatic rings. The van der Waals surface area contributed by atoms with Crippen LogP contribution in [0.15, 0.2) is 18.2 Å². The average molecular weight is 205 g/mol. The second kappa shape index (κ2) is 3.95. The van der Waals surface area contributed by atoms with Crippen molar-refractivity contribution in [1.82, 2.24) is 0 Å². The Morgan fingerprint density at radius 3 is 2.80 bits per heavy atom. The molecule has 1 heterocycles. The number of rotatable bonds is 2. The zero-order valence-electron chi connectivity index (χ0n) is 9.55. The van der Waals surface area contributed by atoms with E-state index in [1.54, 1.807) is 0 Å². The van der Waals surface area contributed by atoms with Gasteiger partial charge < -0.3 is 10.5 Å². The van der Waals surface area contributed by atoms with Gasteiger partial charge in [0.25, 0.3) is 0 Å². The van der Waals surface area contributed by atoms with Gasteiger partial charge in [-0.05, 0) is 37.0 Å². The summed E-state index contributed by atoms with van der Waals surface area (Å²) in [6, 6.07) is 6.47. The Balaban J connectivity index is 2.47. The Morgan fingerprint density at radius 1 is 1.40 bits per heavy atom. The van der Waals surface area contributed by atoms with E-state index in [9.17, 15) is 0 Å². The summed E-state index contributed by atoms with van der Waals surface area (Å²) in [5, 5.41) is 0. The third kappa shape index (κ3) is 1.68. The molecule has 0 aromatic heterocycles. The zero-order chi connectivity index (χ0) is 10.9. The van der Waals surface area contributed by atoms with Gasteiger partial charge in [-0.1, -0.05) is 18.2 Å². The number of ether oxygens (including phenoxy) is 1. The third-order valence-electron chi connectivity index (χ3n) is 3.67. The summed E-state index contributed by atoms with van der Waals surface area (Å²) in [6.07, 6.45) is 1.05. The van der Waals surface area contributed by atoms with Crippen LogP contribution in [0.2, 0.25) is 0 Å². The maximum atomic E-state index is 5.94. The van der Waals surface area contributed by atoms with Crippen molar-refractivity contribution in [2.24, 2.45) is 5.73 Å². The van der Waals surface area contributed by atoms with Crippen molar-refractivity contribution < 1.29 is 4.74 Å². The lowest BCUT2D eigenvalue weighted by molar-refractivity contribution is 0.178. The van der Waals surface area contributed by atoms with Crippen molar-refractivity contribution in [3.63, 3.8) is 0 Å². The van der Waals surface area contributed by atoms with Gasteiger partial charge in [-0.3, -0.25) is 0 Å². The van der Waals surface area contributed by atoms with Gasteiger partial charge in [0.1, 0.15) is 0 Å². The Morgan fingerprint density at radius 2 is 2.20 bits per heavy atom. The third-order valence-corrected chi connectivity index (χ3v) is 3.67. The molecule has 82 valence electrons. The highest BCUT2D eigenvalue weighted by Crippen LogP contribution is 2.34. The van der Waals surface area contributed by atoms with Gasteiger partial charge in [0.15, 0.2) is 0 Å². The quantitative estimate of drug-likeness (QED) is 0.800. The summed E-state index contributed by atoms with van der Waals surface area (Å²) >= 11 is 0. The minimum absolute atomic E-state index is 0.0656. The lowest BCUT2D eigenvalue weighted by Crippen LogP contribution is -2.36. The summed E-state index contributed by atoms with van der Waals surface area (Å²) in [6.45, 7) is 6.62. The standard InChI is InChI=1S/C13H19NO/c1-10-4-3-5-12(11(10)2)13(8-14)6-7-15-9-13/h3-5H,6-9,14H2,1-2H3. The van der Waals surface area contributed by atoms with Gasteiger partial charge in [-0.25, -0.2) is 0 Å². The first kappa shape index (κ1) is 10.7. The monoisotopic (exact) mass is 205 g/mol. The number of benzene rings is 1. The second-order valence-corrected chi connectivity index (χ2v) is 4.53. The highest BCUT2D eigenvalue weighted by Gasteiger charge is 2.36. The van der Waals surface area contributed by atoms with Gasteiger partial charge in [0, 0.05) is 18.6 Å². The molecule has 0 radical (unpaired) electrons. The van der Waals surface area contributed by atoms with Gasteiger partial charge >= 0.3 is 0 Å². The lowest BCUT2D eigenvalue weighted by atomic mass is 9.77. The summed E-state index contributed by atoms with van der Waals surface area (Å²) in [5.74, 6) is 0. The van der Waals surface area contributed by atoms with E-state index >= 15 is 0 Å². The predicted octanol–water partition coefficient (Wildman–Crippen LogP) is 1.92. The molecule has 1 saturated heterocycles. The molecule has 0 spiro atoms. The normalized spacial score (nSPS) is 25.8. The van der Waals surface area contributed by atoms with Crippen molar-refractivity contribution in [1.29, 1.82) is 0 Å². The summed E-state index contributed by atoms with van der Waals surface area (Å²) in [5.41, 5.74) is 10.1. The largest absolute Gasteiger partial charge is 0.380 e. The topological polar surface area (TPSA) is 35.2 Å². The molecule has 2 rings (SSSR count). The first-order valence-electron chi connectivity index (χ1n) is 5.54. The minimum atomic E-state index is 0.0656. The molecular weight excluding hydrogens is 186 g/mol. The Bertz CT molecular complexity index is 354. The van der Waals surface area contributed by atoms with Gasteiger partial charge in [0.05, 0.1) is 6.61 Å². The molecule has 1 aliphatic heterocycles. The number of aryl methyl sites for hydroxylation is 1. The van der Waals surface area contributed by atoms with Crippen LogP contribution in [0.4, 0.5) is 0 Å². The van der Waals surface area contributed by atoms with E-state index in [1.807, 2.05) is 0 Å². The van der Waals surface area contributed by atoms with Crippen LogP contribution >= 0.6 is 0 Å². The molecule has 1 aromatic carbocycles. The van der Waals surface area contributed by atoms with E-state index in [-0.39, 0.29) is 5.41 Å². The molecule has 2 N–H and O–H groups in total. The first-order valence-corrected chi connectivity index (χ1v) is 5.54. The Hall–Kier alpha value is -0.860.